The number of nitrogens with zero attached hydrogens (tertiary/aromatic N) is 1. The van der Waals surface area contributed by atoms with Crippen LogP contribution in [0.15, 0.2) is 0 Å². The van der Waals surface area contributed by atoms with Crippen molar-refractivity contribution in [3.05, 3.63) is 0 Å². The number of methoxy groups -OCH3 is 1. The first-order valence-corrected chi connectivity index (χ1v) is 6.03. The second-order valence-electron chi connectivity index (χ2n) is 5.07. The molecule has 0 bridgehead atoms. The van der Waals surface area contributed by atoms with Gasteiger partial charge in [0.2, 0.25) is 0 Å². The van der Waals surface area contributed by atoms with Crippen LogP contribution in [0.1, 0.15) is 27.2 Å². The Kier molecular flexibility index (Phi) is 4.56. The van der Waals surface area contributed by atoms with Crippen LogP contribution in [-0.4, -0.2) is 43.8 Å². The van der Waals surface area contributed by atoms with Crippen LogP contribution in [0, 0.1) is 11.8 Å². The third-order valence-electron chi connectivity index (χ3n) is 4.11. The number of nitrogens with two attached hydrogens (primary N) is 1. The van der Waals surface area contributed by atoms with Crippen LogP contribution in [-0.2, 0) is 4.74 Å². The lowest BCUT2D eigenvalue weighted by atomic mass is 9.95. The molecular weight excluding hydrogens is 188 g/mol. The molecule has 0 aromatic rings. The molecule has 0 aliphatic carbocycles. The molecule has 1 aliphatic heterocycles. The van der Waals surface area contributed by atoms with Gasteiger partial charge in [0, 0.05) is 26.7 Å². The molecule has 1 heterocycles. The van der Waals surface area contributed by atoms with Gasteiger partial charge in [-0.25, -0.2) is 0 Å². The minimum atomic E-state index is 0.0633. The fourth-order valence-corrected chi connectivity index (χ4v) is 2.53. The van der Waals surface area contributed by atoms with E-state index in [1.807, 2.05) is 0 Å². The molecule has 90 valence electrons. The fraction of sp³-hybridized carbons (Fsp3) is 1.00. The van der Waals surface area contributed by atoms with Gasteiger partial charge in [0.1, 0.15) is 0 Å². The maximum Gasteiger partial charge on any atom is 0.0658 e. The summed E-state index contributed by atoms with van der Waals surface area (Å²) in [5, 5.41) is 0. The van der Waals surface area contributed by atoms with Crippen LogP contribution in [0.25, 0.3) is 0 Å². The second kappa shape index (κ2) is 5.28. The Morgan fingerprint density at radius 1 is 1.33 bits per heavy atom. The molecule has 3 heteroatoms. The summed E-state index contributed by atoms with van der Waals surface area (Å²) in [6.07, 6.45) is 1.07. The molecule has 0 spiro atoms. The van der Waals surface area contributed by atoms with E-state index in [9.17, 15) is 0 Å². The fourth-order valence-electron chi connectivity index (χ4n) is 2.53. The van der Waals surface area contributed by atoms with Crippen molar-refractivity contribution < 1.29 is 4.74 Å². The summed E-state index contributed by atoms with van der Waals surface area (Å²) >= 11 is 0. The zero-order valence-corrected chi connectivity index (χ0v) is 10.6. The maximum atomic E-state index is 5.95. The lowest BCUT2D eigenvalue weighted by molar-refractivity contribution is 0.0234. The monoisotopic (exact) mass is 214 g/mol. The lowest BCUT2D eigenvalue weighted by Crippen LogP contribution is -2.55. The third-order valence-corrected chi connectivity index (χ3v) is 4.11. The number of hydrogen-bond donors (Lipinski definition) is 1. The van der Waals surface area contributed by atoms with Gasteiger partial charge in [-0.05, 0) is 18.3 Å². The third kappa shape index (κ3) is 2.52. The average Bonchev–Trinajstić information content (AvgIpc) is 2.56. The van der Waals surface area contributed by atoms with E-state index in [0.717, 1.165) is 38.0 Å². The molecule has 1 rings (SSSR count). The van der Waals surface area contributed by atoms with Gasteiger partial charge in [-0.15, -0.1) is 0 Å². The van der Waals surface area contributed by atoms with E-state index in [1.165, 1.54) is 0 Å². The van der Waals surface area contributed by atoms with Crippen molar-refractivity contribution in [1.82, 2.24) is 4.90 Å². The molecule has 15 heavy (non-hydrogen) atoms. The molecular formula is C12H26N2O. The van der Waals surface area contributed by atoms with Gasteiger partial charge >= 0.3 is 0 Å². The van der Waals surface area contributed by atoms with Gasteiger partial charge in [0.15, 0.2) is 0 Å². The number of hydrogen-bond acceptors (Lipinski definition) is 3. The summed E-state index contributed by atoms with van der Waals surface area (Å²) in [7, 11) is 1.77. The summed E-state index contributed by atoms with van der Waals surface area (Å²) in [6, 6.07) is 0. The molecule has 1 fully saturated rings. The van der Waals surface area contributed by atoms with Gasteiger partial charge in [0.05, 0.1) is 12.1 Å². The van der Waals surface area contributed by atoms with Gasteiger partial charge < -0.3 is 10.5 Å². The maximum absolute atomic E-state index is 5.95. The van der Waals surface area contributed by atoms with E-state index >= 15 is 0 Å². The van der Waals surface area contributed by atoms with Crippen molar-refractivity contribution in [2.45, 2.75) is 32.7 Å². The molecule has 3 nitrogen and oxygen atoms in total. The zero-order valence-electron chi connectivity index (χ0n) is 10.6. The van der Waals surface area contributed by atoms with E-state index in [1.54, 1.807) is 7.11 Å². The number of rotatable bonds is 5. The molecule has 3 atom stereocenters. The Balaban J connectivity index is 2.72. The van der Waals surface area contributed by atoms with E-state index in [-0.39, 0.29) is 5.54 Å². The first-order chi connectivity index (χ1) is 7.09. The predicted molar refractivity (Wildman–Crippen MR) is 63.9 cm³/mol. The Morgan fingerprint density at radius 2 is 1.87 bits per heavy atom. The Hall–Kier alpha value is -0.120. The topological polar surface area (TPSA) is 38.5 Å². The van der Waals surface area contributed by atoms with Crippen molar-refractivity contribution in [3.8, 4) is 0 Å². The van der Waals surface area contributed by atoms with Crippen LogP contribution >= 0.6 is 0 Å². The lowest BCUT2D eigenvalue weighted by Gasteiger charge is -2.40. The summed E-state index contributed by atoms with van der Waals surface area (Å²) < 4.78 is 5.35. The first-order valence-electron chi connectivity index (χ1n) is 6.03. The standard InChI is InChI=1S/C12H26N2O/c1-5-12(8-13,9-15-4)14-6-10(2)11(3)7-14/h10-11H,5-9,13H2,1-4H3. The van der Waals surface area contributed by atoms with Crippen molar-refractivity contribution >= 4 is 0 Å². The highest BCUT2D eigenvalue weighted by Gasteiger charge is 2.39. The van der Waals surface area contributed by atoms with E-state index in [0.29, 0.717) is 6.54 Å². The molecule has 2 N–H and O–H groups in total. The summed E-state index contributed by atoms with van der Waals surface area (Å²) in [6.45, 7) is 10.6. The highest BCUT2D eigenvalue weighted by atomic mass is 16.5. The van der Waals surface area contributed by atoms with Crippen molar-refractivity contribution in [1.29, 1.82) is 0 Å². The summed E-state index contributed by atoms with van der Waals surface area (Å²) in [4.78, 5) is 2.53. The van der Waals surface area contributed by atoms with Crippen molar-refractivity contribution in [3.63, 3.8) is 0 Å². The minimum absolute atomic E-state index is 0.0633. The van der Waals surface area contributed by atoms with Gasteiger partial charge in [0.25, 0.3) is 0 Å². The Bertz CT molecular complexity index is 182. The van der Waals surface area contributed by atoms with Gasteiger partial charge in [-0.3, -0.25) is 4.90 Å². The Morgan fingerprint density at radius 3 is 2.20 bits per heavy atom. The Labute approximate surface area is 94.0 Å². The second-order valence-corrected chi connectivity index (χ2v) is 5.07. The number of likely N-dealkylation sites (tertiary alicyclic amines) is 1. The summed E-state index contributed by atoms with van der Waals surface area (Å²) in [5.41, 5.74) is 6.02. The van der Waals surface area contributed by atoms with Crippen LogP contribution in [0.5, 0.6) is 0 Å². The van der Waals surface area contributed by atoms with E-state index < -0.39 is 0 Å². The quantitative estimate of drug-likeness (QED) is 0.750. The van der Waals surface area contributed by atoms with Crippen molar-refractivity contribution in [2.75, 3.05) is 33.4 Å². The normalized spacial score (nSPS) is 31.8. The average molecular weight is 214 g/mol. The summed E-state index contributed by atoms with van der Waals surface area (Å²) in [5.74, 6) is 1.55. The largest absolute Gasteiger partial charge is 0.383 e. The van der Waals surface area contributed by atoms with Gasteiger partial charge in [-0.1, -0.05) is 20.8 Å². The zero-order chi connectivity index (χ0) is 11.5. The number of ether oxygens (including phenoxy) is 1. The molecule has 1 aliphatic rings. The van der Waals surface area contributed by atoms with Crippen LogP contribution < -0.4 is 5.73 Å². The minimum Gasteiger partial charge on any atom is -0.383 e. The highest BCUT2D eigenvalue weighted by Crippen LogP contribution is 2.30. The SMILES string of the molecule is CCC(CN)(COC)N1CC(C)C(C)C1. The molecule has 0 amide bonds. The first kappa shape index (κ1) is 12.9. The van der Waals surface area contributed by atoms with Crippen molar-refractivity contribution in [2.24, 2.45) is 17.6 Å². The van der Waals surface area contributed by atoms with E-state index in [4.69, 9.17) is 10.5 Å². The molecule has 0 saturated carbocycles. The molecule has 0 aromatic heterocycles. The smallest absolute Gasteiger partial charge is 0.0658 e. The van der Waals surface area contributed by atoms with E-state index in [2.05, 4.69) is 25.7 Å². The van der Waals surface area contributed by atoms with Crippen LogP contribution in [0.4, 0.5) is 0 Å². The molecule has 3 unspecified atom stereocenters. The molecule has 0 radical (unpaired) electrons. The van der Waals surface area contributed by atoms with Crippen LogP contribution in [0.2, 0.25) is 0 Å². The van der Waals surface area contributed by atoms with Gasteiger partial charge in [-0.2, -0.15) is 0 Å². The predicted octanol–water partition coefficient (Wildman–Crippen LogP) is 1.33. The van der Waals surface area contributed by atoms with Crippen LogP contribution in [0.3, 0.4) is 0 Å². The highest BCUT2D eigenvalue weighted by molar-refractivity contribution is 4.95. The molecule has 0 aromatic carbocycles. The molecule has 1 saturated heterocycles.